The third kappa shape index (κ3) is 3.04. The van der Waals surface area contributed by atoms with E-state index >= 15 is 0 Å². The van der Waals surface area contributed by atoms with Gasteiger partial charge in [-0.05, 0) is 35.6 Å². The van der Waals surface area contributed by atoms with Crippen LogP contribution in [0.25, 0.3) is 10.9 Å². The molecule has 0 spiro atoms. The molecule has 2 N–H and O–H groups in total. The molecule has 3 aromatic rings. The van der Waals surface area contributed by atoms with Gasteiger partial charge >= 0.3 is 0 Å². The van der Waals surface area contributed by atoms with Crippen molar-refractivity contribution in [3.63, 3.8) is 0 Å². The Balaban J connectivity index is 1.72. The number of aromatic nitrogens is 2. The maximum Gasteiger partial charge on any atom is 0.258 e. The van der Waals surface area contributed by atoms with Gasteiger partial charge in [-0.15, -0.1) is 11.3 Å². The lowest BCUT2D eigenvalue weighted by molar-refractivity contribution is 0.666. The summed E-state index contributed by atoms with van der Waals surface area (Å²) in [6, 6.07) is 9.56. The summed E-state index contributed by atoms with van der Waals surface area (Å²) in [5, 5.41) is 6.10. The van der Waals surface area contributed by atoms with Crippen LogP contribution in [-0.4, -0.2) is 9.97 Å². The summed E-state index contributed by atoms with van der Waals surface area (Å²) in [6.45, 7) is 3.52. The minimum Gasteiger partial charge on any atom is -0.309 e. The normalized spacial score (nSPS) is 11.1. The van der Waals surface area contributed by atoms with Crippen LogP contribution in [0.15, 0.2) is 40.5 Å². The zero-order valence-electron chi connectivity index (χ0n) is 11.8. The minimum atomic E-state index is -0.0808. The molecule has 0 atom stereocenters. The molecule has 2 aromatic heterocycles. The number of fused-ring (bicyclic) bond motifs is 1. The summed E-state index contributed by atoms with van der Waals surface area (Å²) < 4.78 is 0. The zero-order valence-corrected chi connectivity index (χ0v) is 12.7. The third-order valence-electron chi connectivity index (χ3n) is 3.46. The van der Waals surface area contributed by atoms with Crippen molar-refractivity contribution in [3.8, 4) is 0 Å². The first-order valence-electron chi connectivity index (χ1n) is 7.02. The Morgan fingerprint density at radius 2 is 2.10 bits per heavy atom. The van der Waals surface area contributed by atoms with Crippen molar-refractivity contribution in [1.82, 2.24) is 15.3 Å². The highest BCUT2D eigenvalue weighted by atomic mass is 32.1. The molecule has 4 nitrogen and oxygen atoms in total. The van der Waals surface area contributed by atoms with Gasteiger partial charge in [0, 0.05) is 11.4 Å². The number of rotatable bonds is 5. The number of aromatic amines is 1. The summed E-state index contributed by atoms with van der Waals surface area (Å²) in [6.07, 6.45) is 1.05. The quantitative estimate of drug-likeness (QED) is 0.761. The molecule has 21 heavy (non-hydrogen) atoms. The molecule has 1 aromatic carbocycles. The first-order chi connectivity index (χ1) is 10.3. The molecule has 0 saturated carbocycles. The van der Waals surface area contributed by atoms with Crippen LogP contribution in [0.1, 0.15) is 23.2 Å². The molecule has 3 rings (SSSR count). The van der Waals surface area contributed by atoms with Crippen LogP contribution in [0, 0.1) is 0 Å². The molecule has 0 bridgehead atoms. The molecule has 0 fully saturated rings. The summed E-state index contributed by atoms with van der Waals surface area (Å²) in [4.78, 5) is 20.6. The lowest BCUT2D eigenvalue weighted by Gasteiger charge is -2.06. The van der Waals surface area contributed by atoms with Crippen molar-refractivity contribution in [1.29, 1.82) is 0 Å². The number of aryl methyl sites for hydroxylation is 1. The van der Waals surface area contributed by atoms with Crippen LogP contribution in [0.2, 0.25) is 0 Å². The van der Waals surface area contributed by atoms with Crippen LogP contribution in [-0.2, 0) is 19.5 Å². The standard InChI is InChI=1S/C16H17N3OS/c1-2-11-7-8-21-14(11)9-17-10-15-18-13-6-4-3-5-12(13)16(20)19-15/h3-8,17H,2,9-10H2,1H3,(H,18,19,20). The van der Waals surface area contributed by atoms with Crippen LogP contribution in [0.3, 0.4) is 0 Å². The van der Waals surface area contributed by atoms with Crippen molar-refractivity contribution < 1.29 is 0 Å². The molecule has 0 amide bonds. The molecule has 108 valence electrons. The van der Waals surface area contributed by atoms with E-state index in [1.165, 1.54) is 10.4 Å². The van der Waals surface area contributed by atoms with E-state index in [9.17, 15) is 4.79 Å². The van der Waals surface area contributed by atoms with Gasteiger partial charge in [0.15, 0.2) is 0 Å². The number of H-pyrrole nitrogens is 1. The van der Waals surface area contributed by atoms with Crippen LogP contribution in [0.5, 0.6) is 0 Å². The van der Waals surface area contributed by atoms with Gasteiger partial charge in [0.2, 0.25) is 0 Å². The van der Waals surface area contributed by atoms with Gasteiger partial charge in [0.05, 0.1) is 17.4 Å². The average molecular weight is 299 g/mol. The van der Waals surface area contributed by atoms with Gasteiger partial charge in [-0.25, -0.2) is 4.98 Å². The van der Waals surface area contributed by atoms with Gasteiger partial charge in [-0.2, -0.15) is 0 Å². The van der Waals surface area contributed by atoms with Gasteiger partial charge < -0.3 is 10.3 Å². The van der Waals surface area contributed by atoms with E-state index in [0.717, 1.165) is 18.5 Å². The van der Waals surface area contributed by atoms with Crippen LogP contribution >= 0.6 is 11.3 Å². The second kappa shape index (κ2) is 6.20. The van der Waals surface area contributed by atoms with E-state index in [0.29, 0.717) is 17.8 Å². The van der Waals surface area contributed by atoms with Gasteiger partial charge in [-0.3, -0.25) is 4.79 Å². The van der Waals surface area contributed by atoms with E-state index in [2.05, 4.69) is 33.7 Å². The molecule has 0 radical (unpaired) electrons. The van der Waals surface area contributed by atoms with Crippen LogP contribution in [0.4, 0.5) is 0 Å². The highest BCUT2D eigenvalue weighted by Crippen LogP contribution is 2.17. The average Bonchev–Trinajstić information content (AvgIpc) is 2.95. The Bertz CT molecular complexity index is 806. The maximum atomic E-state index is 12.0. The monoisotopic (exact) mass is 299 g/mol. The number of hydrogen-bond donors (Lipinski definition) is 2. The number of nitrogens with one attached hydrogen (secondary N) is 2. The highest BCUT2D eigenvalue weighted by molar-refractivity contribution is 7.10. The first-order valence-corrected chi connectivity index (χ1v) is 7.90. The molecule has 5 heteroatoms. The predicted octanol–water partition coefficient (Wildman–Crippen LogP) is 2.84. The lowest BCUT2D eigenvalue weighted by atomic mass is 10.2. The SMILES string of the molecule is CCc1ccsc1CNCc1nc2ccccc2c(=O)[nH]1. The van der Waals surface area contributed by atoms with Crippen LogP contribution < -0.4 is 10.9 Å². The fourth-order valence-electron chi connectivity index (χ4n) is 2.35. The summed E-state index contributed by atoms with van der Waals surface area (Å²) in [7, 11) is 0. The van der Waals surface area contributed by atoms with E-state index < -0.39 is 0 Å². The molecule has 2 heterocycles. The number of hydrogen-bond acceptors (Lipinski definition) is 4. The number of para-hydroxylation sites is 1. The van der Waals surface area contributed by atoms with Crippen molar-refractivity contribution in [2.75, 3.05) is 0 Å². The van der Waals surface area contributed by atoms with Crippen molar-refractivity contribution in [3.05, 3.63) is 62.3 Å². The number of nitrogens with zero attached hydrogens (tertiary/aromatic N) is 1. The Kier molecular flexibility index (Phi) is 4.13. The van der Waals surface area contributed by atoms with E-state index in [1.807, 2.05) is 18.2 Å². The van der Waals surface area contributed by atoms with E-state index in [-0.39, 0.29) is 5.56 Å². The van der Waals surface area contributed by atoms with E-state index in [1.54, 1.807) is 17.4 Å². The second-order valence-corrected chi connectivity index (χ2v) is 5.86. The number of thiophene rings is 1. The van der Waals surface area contributed by atoms with Gasteiger partial charge in [0.25, 0.3) is 5.56 Å². The molecular formula is C16H17N3OS. The fraction of sp³-hybridized carbons (Fsp3) is 0.250. The van der Waals surface area contributed by atoms with Crippen molar-refractivity contribution in [2.45, 2.75) is 26.4 Å². The Labute approximate surface area is 126 Å². The molecule has 0 aliphatic heterocycles. The smallest absolute Gasteiger partial charge is 0.258 e. The topological polar surface area (TPSA) is 57.8 Å². The van der Waals surface area contributed by atoms with Crippen molar-refractivity contribution in [2.24, 2.45) is 0 Å². The molecule has 0 saturated heterocycles. The fourth-order valence-corrected chi connectivity index (χ4v) is 3.30. The maximum absolute atomic E-state index is 12.0. The summed E-state index contributed by atoms with van der Waals surface area (Å²) >= 11 is 1.76. The first kappa shape index (κ1) is 14.0. The molecule has 0 aliphatic rings. The zero-order chi connectivity index (χ0) is 14.7. The molecule has 0 aliphatic carbocycles. The Morgan fingerprint density at radius 1 is 1.24 bits per heavy atom. The minimum absolute atomic E-state index is 0.0808. The highest BCUT2D eigenvalue weighted by Gasteiger charge is 2.05. The molecular weight excluding hydrogens is 282 g/mol. The largest absolute Gasteiger partial charge is 0.309 e. The van der Waals surface area contributed by atoms with Crippen molar-refractivity contribution >= 4 is 22.2 Å². The summed E-state index contributed by atoms with van der Waals surface area (Å²) in [5.74, 6) is 0.674. The van der Waals surface area contributed by atoms with Gasteiger partial charge in [-0.1, -0.05) is 19.1 Å². The third-order valence-corrected chi connectivity index (χ3v) is 4.42. The Hall–Kier alpha value is -1.98. The second-order valence-electron chi connectivity index (χ2n) is 4.86. The predicted molar refractivity (Wildman–Crippen MR) is 86.6 cm³/mol. The lowest BCUT2D eigenvalue weighted by Crippen LogP contribution is -2.19. The Morgan fingerprint density at radius 3 is 2.95 bits per heavy atom. The summed E-state index contributed by atoms with van der Waals surface area (Å²) in [5.41, 5.74) is 2.04. The van der Waals surface area contributed by atoms with Gasteiger partial charge in [0.1, 0.15) is 5.82 Å². The number of benzene rings is 1. The molecule has 0 unspecified atom stereocenters. The van der Waals surface area contributed by atoms with E-state index in [4.69, 9.17) is 0 Å².